The lowest BCUT2D eigenvalue weighted by Crippen LogP contribution is -2.53. The first-order valence-corrected chi connectivity index (χ1v) is 10.8. The molecule has 0 aliphatic carbocycles. The van der Waals surface area contributed by atoms with E-state index in [0.717, 1.165) is 18.4 Å². The molecule has 3 amide bonds. The summed E-state index contributed by atoms with van der Waals surface area (Å²) in [5.74, 6) is -0.0144. The highest BCUT2D eigenvalue weighted by atomic mass is 32.1. The molecule has 5 rings (SSSR count). The number of imide groups is 1. The molecule has 28 heavy (non-hydrogen) atoms. The topological polar surface area (TPSA) is 57.7 Å². The van der Waals surface area contributed by atoms with Gasteiger partial charge in [0.25, 0.3) is 5.91 Å². The Morgan fingerprint density at radius 3 is 2.11 bits per heavy atom. The first-order chi connectivity index (χ1) is 13.6. The monoisotopic (exact) mass is 394 g/mol. The fraction of sp³-hybridized carbons (Fsp3) is 0.409. The molecule has 2 aromatic rings. The van der Waals surface area contributed by atoms with E-state index in [1.54, 1.807) is 11.3 Å². The Bertz CT molecular complexity index is 892. The lowest BCUT2D eigenvalue weighted by Gasteiger charge is -2.41. The molecule has 3 aliphatic rings. The first-order valence-electron chi connectivity index (χ1n) is 9.93. The van der Waals surface area contributed by atoms with Gasteiger partial charge in [-0.25, -0.2) is 0 Å². The molecule has 2 atom stereocenters. The van der Waals surface area contributed by atoms with Crippen LogP contribution in [0.25, 0.3) is 10.4 Å². The predicted molar refractivity (Wildman–Crippen MR) is 107 cm³/mol. The zero-order valence-electron chi connectivity index (χ0n) is 15.5. The summed E-state index contributed by atoms with van der Waals surface area (Å²) in [6.07, 6.45) is 4.01. The molecule has 6 heteroatoms. The first kappa shape index (κ1) is 17.6. The highest BCUT2D eigenvalue weighted by Crippen LogP contribution is 2.40. The SMILES string of the molecule is O=C1CCC(=O)N1C1CC2CCC(C1)N2C(=O)c1ccc(-c2cccs2)cc1. The minimum atomic E-state index is -0.0432. The van der Waals surface area contributed by atoms with E-state index >= 15 is 0 Å². The van der Waals surface area contributed by atoms with Gasteiger partial charge in [-0.05, 0) is 54.8 Å². The Hall–Kier alpha value is -2.47. The molecule has 0 spiro atoms. The smallest absolute Gasteiger partial charge is 0.254 e. The average molecular weight is 394 g/mol. The van der Waals surface area contributed by atoms with Crippen LogP contribution in [0.5, 0.6) is 0 Å². The molecular formula is C22H22N2O3S. The standard InChI is InChI=1S/C22H22N2O3S/c25-20-9-10-21(26)24(20)18-12-16-7-8-17(13-18)23(16)22(27)15-5-3-14(4-6-15)19-2-1-11-28-19/h1-6,11,16-18H,7-10,12-13H2. The fourth-order valence-electron chi connectivity index (χ4n) is 5.06. The molecule has 1 aromatic carbocycles. The minimum absolute atomic E-state index is 0.0368. The molecule has 3 aliphatic heterocycles. The van der Waals surface area contributed by atoms with E-state index in [2.05, 4.69) is 6.07 Å². The number of likely N-dealkylation sites (tertiary alicyclic amines) is 1. The van der Waals surface area contributed by atoms with Gasteiger partial charge in [0.2, 0.25) is 11.8 Å². The summed E-state index contributed by atoms with van der Waals surface area (Å²) in [6, 6.07) is 12.1. The summed E-state index contributed by atoms with van der Waals surface area (Å²) in [7, 11) is 0. The van der Waals surface area contributed by atoms with Gasteiger partial charge >= 0.3 is 0 Å². The van der Waals surface area contributed by atoms with Crippen LogP contribution in [0, 0.1) is 0 Å². The highest BCUT2D eigenvalue weighted by molar-refractivity contribution is 7.13. The maximum Gasteiger partial charge on any atom is 0.254 e. The van der Waals surface area contributed by atoms with Gasteiger partial charge in [0, 0.05) is 41.4 Å². The number of rotatable bonds is 3. The third kappa shape index (κ3) is 2.87. The highest BCUT2D eigenvalue weighted by Gasteiger charge is 2.47. The van der Waals surface area contributed by atoms with Crippen molar-refractivity contribution in [2.24, 2.45) is 0 Å². The van der Waals surface area contributed by atoms with Crippen molar-refractivity contribution in [1.82, 2.24) is 9.80 Å². The van der Waals surface area contributed by atoms with Gasteiger partial charge < -0.3 is 4.90 Å². The van der Waals surface area contributed by atoms with E-state index in [1.807, 2.05) is 40.6 Å². The molecule has 4 heterocycles. The number of amides is 3. The van der Waals surface area contributed by atoms with Crippen molar-refractivity contribution in [2.45, 2.75) is 56.7 Å². The van der Waals surface area contributed by atoms with Gasteiger partial charge in [-0.2, -0.15) is 0 Å². The quantitative estimate of drug-likeness (QED) is 0.746. The second-order valence-corrected chi connectivity index (χ2v) is 8.88. The molecule has 1 aromatic heterocycles. The second-order valence-electron chi connectivity index (χ2n) is 7.93. The lowest BCUT2D eigenvalue weighted by molar-refractivity contribution is -0.142. The summed E-state index contributed by atoms with van der Waals surface area (Å²) in [5.41, 5.74) is 1.84. The molecule has 2 bridgehead atoms. The Morgan fingerprint density at radius 1 is 0.893 bits per heavy atom. The third-order valence-corrected chi connectivity index (χ3v) is 7.25. The molecule has 144 valence electrons. The zero-order chi connectivity index (χ0) is 19.3. The summed E-state index contributed by atoms with van der Waals surface area (Å²) in [5, 5.41) is 2.05. The number of fused-ring (bicyclic) bond motifs is 2. The van der Waals surface area contributed by atoms with E-state index in [9.17, 15) is 14.4 Å². The number of carbonyl (C=O) groups excluding carboxylic acids is 3. The van der Waals surface area contributed by atoms with Crippen molar-refractivity contribution in [3.8, 4) is 10.4 Å². The van der Waals surface area contributed by atoms with Crippen LogP contribution >= 0.6 is 11.3 Å². The number of nitrogens with zero attached hydrogens (tertiary/aromatic N) is 2. The number of piperidine rings is 1. The van der Waals surface area contributed by atoms with Gasteiger partial charge in [-0.3, -0.25) is 19.3 Å². The van der Waals surface area contributed by atoms with Gasteiger partial charge in [0.1, 0.15) is 0 Å². The second kappa shape index (κ2) is 6.85. The molecule has 0 N–H and O–H groups in total. The Labute approximate surface area is 167 Å². The largest absolute Gasteiger partial charge is 0.333 e. The predicted octanol–water partition coefficient (Wildman–Crippen LogP) is 3.70. The summed E-state index contributed by atoms with van der Waals surface area (Å²) >= 11 is 1.69. The number of carbonyl (C=O) groups is 3. The van der Waals surface area contributed by atoms with E-state index in [-0.39, 0.29) is 35.8 Å². The van der Waals surface area contributed by atoms with Crippen LogP contribution in [0.15, 0.2) is 41.8 Å². The van der Waals surface area contributed by atoms with Crippen LogP contribution in [0.4, 0.5) is 0 Å². The van der Waals surface area contributed by atoms with Crippen molar-refractivity contribution in [1.29, 1.82) is 0 Å². The van der Waals surface area contributed by atoms with Crippen molar-refractivity contribution >= 4 is 29.1 Å². The third-order valence-electron chi connectivity index (χ3n) is 6.34. The maximum absolute atomic E-state index is 13.2. The Balaban J connectivity index is 1.33. The van der Waals surface area contributed by atoms with Gasteiger partial charge in [0.05, 0.1) is 0 Å². The fourth-order valence-corrected chi connectivity index (χ4v) is 5.79. The summed E-state index contributed by atoms with van der Waals surface area (Å²) in [6.45, 7) is 0. The maximum atomic E-state index is 13.2. The molecule has 0 saturated carbocycles. The Morgan fingerprint density at radius 2 is 1.54 bits per heavy atom. The van der Waals surface area contributed by atoms with Gasteiger partial charge in [0.15, 0.2) is 0 Å². The van der Waals surface area contributed by atoms with Crippen LogP contribution in [-0.2, 0) is 9.59 Å². The van der Waals surface area contributed by atoms with Crippen LogP contribution in [-0.4, -0.2) is 45.6 Å². The average Bonchev–Trinajstić information content (AvgIpc) is 3.41. The number of thiophene rings is 1. The van der Waals surface area contributed by atoms with Crippen LogP contribution < -0.4 is 0 Å². The van der Waals surface area contributed by atoms with E-state index in [0.29, 0.717) is 31.2 Å². The zero-order valence-corrected chi connectivity index (χ0v) is 16.4. The van der Waals surface area contributed by atoms with Crippen molar-refractivity contribution in [3.63, 3.8) is 0 Å². The Kier molecular flexibility index (Phi) is 4.31. The molecule has 0 radical (unpaired) electrons. The van der Waals surface area contributed by atoms with E-state index in [1.165, 1.54) is 9.78 Å². The van der Waals surface area contributed by atoms with Gasteiger partial charge in [-0.15, -0.1) is 11.3 Å². The molecule has 2 unspecified atom stereocenters. The van der Waals surface area contributed by atoms with Crippen LogP contribution in [0.1, 0.15) is 48.9 Å². The van der Waals surface area contributed by atoms with E-state index in [4.69, 9.17) is 0 Å². The van der Waals surface area contributed by atoms with Crippen LogP contribution in [0.2, 0.25) is 0 Å². The normalized spacial score (nSPS) is 26.9. The number of benzene rings is 1. The van der Waals surface area contributed by atoms with Crippen LogP contribution in [0.3, 0.4) is 0 Å². The molecule has 3 saturated heterocycles. The summed E-state index contributed by atoms with van der Waals surface area (Å²) in [4.78, 5) is 42.1. The lowest BCUT2D eigenvalue weighted by atomic mass is 9.95. The van der Waals surface area contributed by atoms with Crippen molar-refractivity contribution in [3.05, 3.63) is 47.3 Å². The van der Waals surface area contributed by atoms with E-state index < -0.39 is 0 Å². The molecule has 5 nitrogen and oxygen atoms in total. The number of hydrogen-bond acceptors (Lipinski definition) is 4. The van der Waals surface area contributed by atoms with Crippen molar-refractivity contribution in [2.75, 3.05) is 0 Å². The number of hydrogen-bond donors (Lipinski definition) is 0. The van der Waals surface area contributed by atoms with Gasteiger partial charge in [-0.1, -0.05) is 18.2 Å². The molecule has 3 fully saturated rings. The molecular weight excluding hydrogens is 372 g/mol. The minimum Gasteiger partial charge on any atom is -0.333 e. The summed E-state index contributed by atoms with van der Waals surface area (Å²) < 4.78 is 0. The van der Waals surface area contributed by atoms with Crippen molar-refractivity contribution < 1.29 is 14.4 Å².